The maximum absolute atomic E-state index is 12.3. The van der Waals surface area contributed by atoms with Crippen LogP contribution in [0, 0.1) is 6.92 Å². The van der Waals surface area contributed by atoms with E-state index in [0.717, 1.165) is 32.6 Å². The Balaban J connectivity index is 2.07. The predicted octanol–water partition coefficient (Wildman–Crippen LogP) is 6.14. The highest BCUT2D eigenvalue weighted by atomic mass is 32.1. The van der Waals surface area contributed by atoms with E-state index in [-0.39, 0.29) is 5.78 Å². The van der Waals surface area contributed by atoms with Gasteiger partial charge in [-0.3, -0.25) is 4.79 Å². The summed E-state index contributed by atoms with van der Waals surface area (Å²) < 4.78 is 0. The molecule has 0 saturated carbocycles. The summed E-state index contributed by atoms with van der Waals surface area (Å²) in [5.41, 5.74) is 4.73. The number of carbonyl (C=O) groups is 1. The number of hydrogen-bond donors (Lipinski definition) is 0. The fourth-order valence-electron chi connectivity index (χ4n) is 3.25. The smallest absolute Gasteiger partial charge is 0.162 e. The van der Waals surface area contributed by atoms with Gasteiger partial charge in [0.05, 0.1) is 5.69 Å². The van der Waals surface area contributed by atoms with Gasteiger partial charge < -0.3 is 0 Å². The summed E-state index contributed by atoms with van der Waals surface area (Å²) in [6.07, 6.45) is 0. The fourth-order valence-corrected chi connectivity index (χ4v) is 4.34. The first-order chi connectivity index (χ1) is 12.1. The van der Waals surface area contributed by atoms with Crippen molar-refractivity contribution in [2.45, 2.75) is 13.8 Å². The number of Topliss-reactive ketones (excluding diaryl/α,β-unsaturated/α-hetero) is 1. The van der Waals surface area contributed by atoms with Gasteiger partial charge in [0.25, 0.3) is 0 Å². The number of hydrogen-bond acceptors (Lipinski definition) is 3. The molecule has 25 heavy (non-hydrogen) atoms. The highest BCUT2D eigenvalue weighted by Gasteiger charge is 2.19. The van der Waals surface area contributed by atoms with Crippen molar-refractivity contribution in [3.8, 4) is 21.6 Å². The van der Waals surface area contributed by atoms with Crippen molar-refractivity contribution >= 4 is 27.3 Å². The topological polar surface area (TPSA) is 30.0 Å². The van der Waals surface area contributed by atoms with Gasteiger partial charge in [0.1, 0.15) is 4.83 Å². The molecule has 0 aliphatic carbocycles. The summed E-state index contributed by atoms with van der Waals surface area (Å²) in [6, 6.07) is 22.6. The van der Waals surface area contributed by atoms with Crippen LogP contribution in [0.15, 0.2) is 66.7 Å². The van der Waals surface area contributed by atoms with Crippen LogP contribution in [0.25, 0.3) is 31.8 Å². The molecule has 0 bridgehead atoms. The van der Waals surface area contributed by atoms with Crippen molar-refractivity contribution in [1.82, 2.24) is 4.98 Å². The highest BCUT2D eigenvalue weighted by molar-refractivity contribution is 7.22. The van der Waals surface area contributed by atoms with Crippen molar-refractivity contribution in [3.05, 3.63) is 78.0 Å². The van der Waals surface area contributed by atoms with E-state index >= 15 is 0 Å². The first kappa shape index (κ1) is 15.7. The second-order valence-electron chi connectivity index (χ2n) is 6.06. The fraction of sp³-hybridized carbons (Fsp3) is 0.0909. The normalized spacial score (nSPS) is 11.0. The molecule has 0 unspecified atom stereocenters. The molecule has 2 aromatic carbocycles. The van der Waals surface area contributed by atoms with Crippen LogP contribution in [0.1, 0.15) is 23.0 Å². The number of benzene rings is 2. The monoisotopic (exact) mass is 343 g/mol. The molecule has 0 radical (unpaired) electrons. The predicted molar refractivity (Wildman–Crippen MR) is 105 cm³/mol. The van der Waals surface area contributed by atoms with Gasteiger partial charge in [-0.15, -0.1) is 11.3 Å². The van der Waals surface area contributed by atoms with Crippen molar-refractivity contribution in [1.29, 1.82) is 0 Å². The first-order valence-electron chi connectivity index (χ1n) is 8.21. The Labute approximate surface area is 150 Å². The molecule has 2 heterocycles. The highest BCUT2D eigenvalue weighted by Crippen LogP contribution is 2.40. The summed E-state index contributed by atoms with van der Waals surface area (Å²) in [4.78, 5) is 19.2. The molecule has 0 saturated heterocycles. The minimum absolute atomic E-state index is 0.0539. The summed E-state index contributed by atoms with van der Waals surface area (Å²) in [6.45, 7) is 3.54. The largest absolute Gasteiger partial charge is 0.294 e. The lowest BCUT2D eigenvalue weighted by Gasteiger charge is -2.11. The van der Waals surface area contributed by atoms with Gasteiger partial charge in [-0.05, 0) is 31.0 Å². The summed E-state index contributed by atoms with van der Waals surface area (Å²) in [7, 11) is 0. The number of thiophene rings is 1. The Morgan fingerprint density at radius 2 is 1.52 bits per heavy atom. The van der Waals surface area contributed by atoms with Crippen molar-refractivity contribution in [2.24, 2.45) is 0 Å². The van der Waals surface area contributed by atoms with E-state index in [0.29, 0.717) is 0 Å². The Morgan fingerprint density at radius 1 is 0.920 bits per heavy atom. The van der Waals surface area contributed by atoms with Gasteiger partial charge in [-0.2, -0.15) is 0 Å². The number of rotatable bonds is 3. The molecule has 122 valence electrons. The molecule has 0 N–H and O–H groups in total. The van der Waals surface area contributed by atoms with Crippen LogP contribution in [0.3, 0.4) is 0 Å². The summed E-state index contributed by atoms with van der Waals surface area (Å²) >= 11 is 1.67. The summed E-state index contributed by atoms with van der Waals surface area (Å²) in [5.74, 6) is 0.0539. The molecular weight excluding hydrogens is 326 g/mol. The number of pyridine rings is 1. The lowest BCUT2D eigenvalue weighted by atomic mass is 9.94. The van der Waals surface area contributed by atoms with Gasteiger partial charge in [0, 0.05) is 21.4 Å². The molecule has 0 aliphatic heterocycles. The first-order valence-corrected chi connectivity index (χ1v) is 9.02. The molecule has 0 amide bonds. The van der Waals surface area contributed by atoms with E-state index in [1.165, 1.54) is 10.4 Å². The second-order valence-corrected chi connectivity index (χ2v) is 7.10. The van der Waals surface area contributed by atoms with Crippen LogP contribution in [0.2, 0.25) is 0 Å². The lowest BCUT2D eigenvalue weighted by molar-refractivity contribution is 0.101. The number of aryl methyl sites for hydroxylation is 1. The third-order valence-corrected chi connectivity index (χ3v) is 5.41. The van der Waals surface area contributed by atoms with E-state index in [9.17, 15) is 4.79 Å². The minimum atomic E-state index is 0.0539. The number of carbonyl (C=O) groups excluding carboxylic acids is 1. The van der Waals surface area contributed by atoms with Crippen molar-refractivity contribution in [2.75, 3.05) is 0 Å². The molecule has 2 aromatic heterocycles. The van der Waals surface area contributed by atoms with Crippen LogP contribution in [0.4, 0.5) is 0 Å². The second kappa shape index (κ2) is 6.26. The van der Waals surface area contributed by atoms with Gasteiger partial charge in [0.2, 0.25) is 0 Å². The van der Waals surface area contributed by atoms with E-state index in [4.69, 9.17) is 4.98 Å². The summed E-state index contributed by atoms with van der Waals surface area (Å²) in [5, 5.41) is 1.05. The average Bonchev–Trinajstić information content (AvgIpc) is 3.05. The number of aromatic nitrogens is 1. The number of fused-ring (bicyclic) bond motifs is 1. The standard InChI is InChI=1S/C22H17NOS/c1-14-20(15(2)24)21(17-11-7-4-8-12-17)18-13-19(25-22(18)23-14)16-9-5-3-6-10-16/h3-13H,1-2H3. The van der Waals surface area contributed by atoms with E-state index < -0.39 is 0 Å². The quantitative estimate of drug-likeness (QED) is 0.418. The van der Waals surface area contributed by atoms with Crippen LogP contribution < -0.4 is 0 Å². The van der Waals surface area contributed by atoms with Crippen LogP contribution in [-0.2, 0) is 0 Å². The van der Waals surface area contributed by atoms with Crippen LogP contribution >= 0.6 is 11.3 Å². The zero-order valence-electron chi connectivity index (χ0n) is 14.1. The van der Waals surface area contributed by atoms with Gasteiger partial charge in [0.15, 0.2) is 5.78 Å². The average molecular weight is 343 g/mol. The molecule has 0 fully saturated rings. The minimum Gasteiger partial charge on any atom is -0.294 e. The van der Waals surface area contributed by atoms with Gasteiger partial charge in [-0.25, -0.2) is 4.98 Å². The third-order valence-electron chi connectivity index (χ3n) is 4.34. The number of nitrogens with zero attached hydrogens (tertiary/aromatic N) is 1. The van der Waals surface area contributed by atoms with Crippen LogP contribution in [0.5, 0.6) is 0 Å². The van der Waals surface area contributed by atoms with Crippen molar-refractivity contribution in [3.63, 3.8) is 0 Å². The Morgan fingerprint density at radius 3 is 2.12 bits per heavy atom. The molecule has 0 spiro atoms. The lowest BCUT2D eigenvalue weighted by Crippen LogP contribution is -2.02. The van der Waals surface area contributed by atoms with E-state index in [1.807, 2.05) is 43.3 Å². The number of ketones is 1. The third kappa shape index (κ3) is 2.77. The molecule has 4 aromatic rings. The van der Waals surface area contributed by atoms with Gasteiger partial charge >= 0.3 is 0 Å². The zero-order chi connectivity index (χ0) is 17.4. The Bertz CT molecular complexity index is 1070. The van der Waals surface area contributed by atoms with Gasteiger partial charge in [-0.1, -0.05) is 60.7 Å². The Kier molecular flexibility index (Phi) is 3.94. The molecule has 3 heteroatoms. The molecular formula is C22H17NOS. The van der Waals surface area contributed by atoms with E-state index in [1.54, 1.807) is 18.3 Å². The molecule has 0 aliphatic rings. The maximum Gasteiger partial charge on any atom is 0.162 e. The molecule has 4 rings (SSSR count). The SMILES string of the molecule is CC(=O)c1c(C)nc2sc(-c3ccccc3)cc2c1-c1ccccc1. The van der Waals surface area contributed by atoms with E-state index in [2.05, 4.69) is 30.3 Å². The zero-order valence-corrected chi connectivity index (χ0v) is 14.9. The van der Waals surface area contributed by atoms with Crippen LogP contribution in [-0.4, -0.2) is 10.8 Å². The Hall–Kier alpha value is -2.78. The molecule has 2 nitrogen and oxygen atoms in total. The maximum atomic E-state index is 12.3. The molecule has 0 atom stereocenters. The van der Waals surface area contributed by atoms with Crippen molar-refractivity contribution < 1.29 is 4.79 Å².